The van der Waals surface area contributed by atoms with Crippen molar-refractivity contribution >= 4 is 21.9 Å². The van der Waals surface area contributed by atoms with Crippen LogP contribution in [0.3, 0.4) is 0 Å². The maximum Gasteiger partial charge on any atom is 0.143 e. The first-order valence-corrected chi connectivity index (χ1v) is 17.1. The lowest BCUT2D eigenvalue weighted by molar-refractivity contribution is 0.670. The largest absolute Gasteiger partial charge is 0.455 e. The van der Waals surface area contributed by atoms with Crippen LogP contribution in [0.15, 0.2) is 192 Å². The highest BCUT2D eigenvalue weighted by Crippen LogP contribution is 2.39. The molecule has 0 amide bonds. The molecule has 1 heterocycles. The molecular weight excluding hydrogens is 619 g/mol. The van der Waals surface area contributed by atoms with Gasteiger partial charge in [-0.25, -0.2) is 0 Å². The van der Waals surface area contributed by atoms with Gasteiger partial charge in [-0.05, 0) is 104 Å². The van der Waals surface area contributed by atoms with E-state index in [1.165, 1.54) is 22.3 Å². The van der Waals surface area contributed by atoms with Crippen LogP contribution in [0.4, 0.5) is 0 Å². The summed E-state index contributed by atoms with van der Waals surface area (Å²) in [6, 6.07) is 68.1. The summed E-state index contributed by atoms with van der Waals surface area (Å²) in [6.45, 7) is 0. The normalized spacial score (nSPS) is 11.1. The summed E-state index contributed by atoms with van der Waals surface area (Å²) < 4.78 is 6.41. The monoisotopic (exact) mass is 649 g/mol. The molecule has 0 bridgehead atoms. The zero-order valence-corrected chi connectivity index (χ0v) is 27.8. The molecule has 0 saturated carbocycles. The second kappa shape index (κ2) is 12.8. The molecule has 0 unspecified atom stereocenters. The third kappa shape index (κ3) is 5.78. The molecule has 0 N–H and O–H groups in total. The molecule has 0 spiro atoms. The minimum absolute atomic E-state index is 0.599. The number of rotatable bonds is 6. The third-order valence-electron chi connectivity index (χ3n) is 9.69. The van der Waals surface area contributed by atoms with Crippen LogP contribution in [0.1, 0.15) is 5.56 Å². The second-order valence-corrected chi connectivity index (χ2v) is 12.9. The SMILES string of the molecule is N#Cc1cc(-c2cc(-c3ccc(-c4ccccc4)cc3)cc(-c3ccc(-c4ccccc4)cc3)c2)cc(-c2cccc3c2oc2ccccc23)c1. The van der Waals surface area contributed by atoms with E-state index in [4.69, 9.17) is 4.42 Å². The van der Waals surface area contributed by atoms with Crippen molar-refractivity contribution in [3.05, 3.63) is 194 Å². The zero-order valence-electron chi connectivity index (χ0n) is 27.8. The molecule has 0 aliphatic carbocycles. The highest BCUT2D eigenvalue weighted by atomic mass is 16.3. The van der Waals surface area contributed by atoms with E-state index in [-0.39, 0.29) is 0 Å². The molecule has 2 nitrogen and oxygen atoms in total. The maximum atomic E-state index is 10.2. The molecule has 9 aromatic rings. The van der Waals surface area contributed by atoms with Gasteiger partial charge in [-0.3, -0.25) is 0 Å². The van der Waals surface area contributed by atoms with Crippen molar-refractivity contribution in [1.82, 2.24) is 0 Å². The Balaban J connectivity index is 1.19. The van der Waals surface area contributed by atoms with Crippen LogP contribution in [0.2, 0.25) is 0 Å². The van der Waals surface area contributed by atoms with Crippen LogP contribution in [0.25, 0.3) is 88.7 Å². The smallest absolute Gasteiger partial charge is 0.143 e. The third-order valence-corrected chi connectivity index (χ3v) is 9.69. The van der Waals surface area contributed by atoms with E-state index in [9.17, 15) is 5.26 Å². The summed E-state index contributed by atoms with van der Waals surface area (Å²) in [6.07, 6.45) is 0. The molecule has 9 rings (SSSR count). The predicted octanol–water partition coefficient (Wildman–Crippen LogP) is 13.5. The number of hydrogen-bond donors (Lipinski definition) is 0. The van der Waals surface area contributed by atoms with Gasteiger partial charge in [0, 0.05) is 16.3 Å². The number of furan rings is 1. The van der Waals surface area contributed by atoms with Crippen LogP contribution in [-0.4, -0.2) is 0 Å². The molecule has 0 radical (unpaired) electrons. The lowest BCUT2D eigenvalue weighted by atomic mass is 9.90. The number of nitriles is 1. The summed E-state index contributed by atoms with van der Waals surface area (Å²) in [5.41, 5.74) is 15.4. The Hall–Kier alpha value is -6.95. The summed E-state index contributed by atoms with van der Waals surface area (Å²) in [4.78, 5) is 0. The zero-order chi connectivity index (χ0) is 34.1. The van der Waals surface area contributed by atoms with E-state index in [0.717, 1.165) is 66.4 Å². The minimum Gasteiger partial charge on any atom is -0.455 e. The summed E-state index contributed by atoms with van der Waals surface area (Å²) in [5, 5.41) is 12.4. The molecule has 0 saturated heterocycles. The molecule has 51 heavy (non-hydrogen) atoms. The first kappa shape index (κ1) is 30.1. The standard InChI is InChI=1S/C49H31NO/c50-32-33-26-40(31-44(27-33)45-15-9-16-47-46-14-7-8-17-48(46)51-49(45)47)43-29-41(38-22-18-36(19-23-38)34-10-3-1-4-11-34)28-42(30-43)39-24-20-37(21-25-39)35-12-5-2-6-13-35/h1-31H. The number of hydrogen-bond acceptors (Lipinski definition) is 2. The van der Waals surface area contributed by atoms with Gasteiger partial charge in [0.15, 0.2) is 0 Å². The molecule has 8 aromatic carbocycles. The number of benzene rings is 8. The second-order valence-electron chi connectivity index (χ2n) is 12.9. The van der Waals surface area contributed by atoms with Gasteiger partial charge in [0.25, 0.3) is 0 Å². The molecule has 238 valence electrons. The van der Waals surface area contributed by atoms with E-state index < -0.39 is 0 Å². The molecule has 0 aliphatic heterocycles. The van der Waals surface area contributed by atoms with Crippen molar-refractivity contribution in [3.63, 3.8) is 0 Å². The van der Waals surface area contributed by atoms with E-state index >= 15 is 0 Å². The Bertz CT molecular complexity index is 2610. The Labute approximate surface area is 297 Å². The van der Waals surface area contributed by atoms with Crippen LogP contribution in [-0.2, 0) is 0 Å². The lowest BCUT2D eigenvalue weighted by Crippen LogP contribution is -1.89. The lowest BCUT2D eigenvalue weighted by Gasteiger charge is -2.14. The van der Waals surface area contributed by atoms with Crippen molar-refractivity contribution in [2.75, 3.05) is 0 Å². The van der Waals surface area contributed by atoms with Gasteiger partial charge < -0.3 is 4.42 Å². The highest BCUT2D eigenvalue weighted by molar-refractivity contribution is 6.09. The summed E-state index contributed by atoms with van der Waals surface area (Å²) >= 11 is 0. The quantitative estimate of drug-likeness (QED) is 0.180. The average molecular weight is 650 g/mol. The Morgan fingerprint density at radius 3 is 1.31 bits per heavy atom. The highest BCUT2D eigenvalue weighted by Gasteiger charge is 2.15. The van der Waals surface area contributed by atoms with Gasteiger partial charge in [0.05, 0.1) is 11.6 Å². The number of fused-ring (bicyclic) bond motifs is 3. The van der Waals surface area contributed by atoms with Gasteiger partial charge >= 0.3 is 0 Å². The minimum atomic E-state index is 0.599. The van der Waals surface area contributed by atoms with Crippen LogP contribution in [0, 0.1) is 11.3 Å². The van der Waals surface area contributed by atoms with Crippen molar-refractivity contribution in [1.29, 1.82) is 5.26 Å². The molecule has 0 aliphatic rings. The Kier molecular flexibility index (Phi) is 7.58. The maximum absolute atomic E-state index is 10.2. The van der Waals surface area contributed by atoms with E-state index in [2.05, 4.69) is 152 Å². The number of nitrogens with zero attached hydrogens (tertiary/aromatic N) is 1. The first-order valence-electron chi connectivity index (χ1n) is 17.1. The Morgan fingerprint density at radius 2 is 0.745 bits per heavy atom. The predicted molar refractivity (Wildman–Crippen MR) is 211 cm³/mol. The number of para-hydroxylation sites is 2. The molecule has 1 aromatic heterocycles. The fourth-order valence-corrected chi connectivity index (χ4v) is 7.09. The van der Waals surface area contributed by atoms with Crippen molar-refractivity contribution in [2.45, 2.75) is 0 Å². The molecule has 0 atom stereocenters. The topological polar surface area (TPSA) is 36.9 Å². The first-order chi connectivity index (χ1) is 25.2. The Morgan fingerprint density at radius 1 is 0.333 bits per heavy atom. The van der Waals surface area contributed by atoms with Crippen LogP contribution >= 0.6 is 0 Å². The van der Waals surface area contributed by atoms with Crippen molar-refractivity contribution in [2.24, 2.45) is 0 Å². The average Bonchev–Trinajstić information content (AvgIpc) is 3.60. The van der Waals surface area contributed by atoms with Crippen LogP contribution in [0.5, 0.6) is 0 Å². The van der Waals surface area contributed by atoms with Gasteiger partial charge in [-0.2, -0.15) is 5.26 Å². The van der Waals surface area contributed by atoms with Gasteiger partial charge in [0.1, 0.15) is 11.2 Å². The molecule has 0 fully saturated rings. The summed E-state index contributed by atoms with van der Waals surface area (Å²) in [5.74, 6) is 0. The van der Waals surface area contributed by atoms with Gasteiger partial charge in [0.2, 0.25) is 0 Å². The van der Waals surface area contributed by atoms with Crippen molar-refractivity contribution < 1.29 is 4.42 Å². The van der Waals surface area contributed by atoms with E-state index in [0.29, 0.717) is 5.56 Å². The van der Waals surface area contributed by atoms with E-state index in [1.54, 1.807) is 0 Å². The fraction of sp³-hybridized carbons (Fsp3) is 0. The molecule has 2 heteroatoms. The van der Waals surface area contributed by atoms with Gasteiger partial charge in [-0.15, -0.1) is 0 Å². The summed E-state index contributed by atoms with van der Waals surface area (Å²) in [7, 11) is 0. The van der Waals surface area contributed by atoms with Gasteiger partial charge in [-0.1, -0.05) is 146 Å². The van der Waals surface area contributed by atoms with Crippen molar-refractivity contribution in [3.8, 4) is 72.8 Å². The fourth-order valence-electron chi connectivity index (χ4n) is 7.09. The van der Waals surface area contributed by atoms with E-state index in [1.807, 2.05) is 42.5 Å². The molecular formula is C49H31NO. The van der Waals surface area contributed by atoms with Crippen LogP contribution < -0.4 is 0 Å².